The van der Waals surface area contributed by atoms with Gasteiger partial charge in [0.15, 0.2) is 0 Å². The third-order valence-electron chi connectivity index (χ3n) is 2.39. The van der Waals surface area contributed by atoms with Crippen LogP contribution in [0.3, 0.4) is 0 Å². The minimum Gasteiger partial charge on any atom is -0.384 e. The second-order valence-electron chi connectivity index (χ2n) is 3.64. The maximum absolute atomic E-state index is 5.05. The fourth-order valence-corrected chi connectivity index (χ4v) is 1.02. The lowest BCUT2D eigenvalue weighted by Gasteiger charge is -2.07. The normalized spacial score (nSPS) is 8.55. The van der Waals surface area contributed by atoms with Gasteiger partial charge >= 0.3 is 0 Å². The molecule has 0 amide bonds. The Labute approximate surface area is 134 Å². The van der Waals surface area contributed by atoms with Crippen LogP contribution in [0, 0.1) is 5.92 Å². The Balaban J connectivity index is -0.0000000185. The average molecular weight is 301 g/mol. The summed E-state index contributed by atoms with van der Waals surface area (Å²) in [4.78, 5) is 0. The highest BCUT2D eigenvalue weighted by molar-refractivity contribution is 4.47. The van der Waals surface area contributed by atoms with E-state index in [4.69, 9.17) is 9.47 Å². The number of ether oxygens (including phenoxy) is 2. The first-order valence-corrected chi connectivity index (χ1v) is 5.67. The van der Waals surface area contributed by atoms with Crippen molar-refractivity contribution in [2.24, 2.45) is 5.92 Å². The van der Waals surface area contributed by atoms with Crippen molar-refractivity contribution >= 4 is 0 Å². The van der Waals surface area contributed by atoms with Gasteiger partial charge in [-0.25, -0.2) is 0 Å². The average Bonchev–Trinajstić information content (AvgIpc) is 2.22. The fraction of sp³-hybridized carbons (Fsp3) is 1.00. The molecular formula is C18H52O2. The van der Waals surface area contributed by atoms with Gasteiger partial charge in [0.2, 0.25) is 0 Å². The van der Waals surface area contributed by atoms with Crippen molar-refractivity contribution in [3.8, 4) is 0 Å². The minimum absolute atomic E-state index is 0. The third kappa shape index (κ3) is 43.0. The molecular weight excluding hydrogens is 248 g/mol. The zero-order valence-electron chi connectivity index (χ0n) is 10.8. The van der Waals surface area contributed by atoms with E-state index in [1.807, 2.05) is 0 Å². The molecule has 0 aromatic heterocycles. The number of methoxy groups -OCH3 is 2. The predicted octanol–water partition coefficient (Wildman–Crippen LogP) is 7.32. The molecule has 0 radical (unpaired) electrons. The minimum atomic E-state index is 0. The second-order valence-corrected chi connectivity index (χ2v) is 3.64. The maximum Gasteiger partial charge on any atom is 0.0566 e. The van der Waals surface area contributed by atoms with E-state index in [-0.39, 0.29) is 44.6 Å². The van der Waals surface area contributed by atoms with Gasteiger partial charge in [0, 0.05) is 20.8 Å². The Hall–Kier alpha value is -0.0800. The molecule has 2 heteroatoms. The Bertz CT molecular complexity index is 85.9. The van der Waals surface area contributed by atoms with E-state index < -0.39 is 0 Å². The molecule has 20 heavy (non-hydrogen) atoms. The molecule has 0 saturated heterocycles. The van der Waals surface area contributed by atoms with Gasteiger partial charge in [-0.05, 0) is 18.8 Å². The van der Waals surface area contributed by atoms with Crippen LogP contribution in [0.25, 0.3) is 0 Å². The smallest absolute Gasteiger partial charge is 0.0566 e. The Morgan fingerprint density at radius 2 is 1.05 bits per heavy atom. The summed E-state index contributed by atoms with van der Waals surface area (Å²) in [6.07, 6.45) is 3.97. The molecule has 0 fully saturated rings. The van der Waals surface area contributed by atoms with E-state index in [1.165, 1.54) is 6.42 Å². The summed E-state index contributed by atoms with van der Waals surface area (Å²) in [5.74, 6) is 0.727. The molecule has 1 unspecified atom stereocenters. The zero-order valence-corrected chi connectivity index (χ0v) is 10.8. The van der Waals surface area contributed by atoms with Crippen molar-refractivity contribution in [3.05, 3.63) is 0 Å². The Kier molecular flexibility index (Phi) is 107. The molecule has 2 nitrogen and oxygen atoms in total. The highest BCUT2D eigenvalue weighted by Crippen LogP contribution is 1.98. The Morgan fingerprint density at radius 1 is 0.700 bits per heavy atom. The number of rotatable bonds is 6. The van der Waals surface area contributed by atoms with Crippen LogP contribution in [0.4, 0.5) is 0 Å². The van der Waals surface area contributed by atoms with Crippen LogP contribution in [0.1, 0.15) is 91.5 Å². The second kappa shape index (κ2) is 42.8. The fourth-order valence-electron chi connectivity index (χ4n) is 1.02. The predicted molar refractivity (Wildman–Crippen MR) is 103 cm³/mol. The van der Waals surface area contributed by atoms with Gasteiger partial charge in [-0.15, -0.1) is 0 Å². The van der Waals surface area contributed by atoms with Gasteiger partial charge in [-0.2, -0.15) is 0 Å². The van der Waals surface area contributed by atoms with Crippen molar-refractivity contribution < 1.29 is 9.47 Å². The molecule has 0 N–H and O–H groups in total. The lowest BCUT2D eigenvalue weighted by atomic mass is 10.1. The molecule has 0 aliphatic carbocycles. The molecule has 0 rings (SSSR count). The van der Waals surface area contributed by atoms with Gasteiger partial charge < -0.3 is 9.47 Å². The lowest BCUT2D eigenvalue weighted by Crippen LogP contribution is -2.05. The van der Waals surface area contributed by atoms with Gasteiger partial charge in [-0.1, -0.05) is 78.7 Å². The molecule has 0 aromatic rings. The van der Waals surface area contributed by atoms with Crippen LogP contribution >= 0.6 is 0 Å². The molecule has 0 aliphatic rings. The van der Waals surface area contributed by atoms with Crippen molar-refractivity contribution in [2.45, 2.75) is 97.6 Å². The maximum atomic E-state index is 5.05. The summed E-state index contributed by atoms with van der Waals surface area (Å²) in [5.41, 5.74) is 0. The summed E-state index contributed by atoms with van der Waals surface area (Å²) in [7, 11) is 3.50. The summed E-state index contributed by atoms with van der Waals surface area (Å²) >= 11 is 0. The summed E-state index contributed by atoms with van der Waals surface area (Å²) in [5, 5.41) is 0. The Morgan fingerprint density at radius 3 is 1.10 bits per heavy atom. The molecule has 0 spiro atoms. The van der Waals surface area contributed by atoms with E-state index in [0.717, 1.165) is 25.4 Å². The highest BCUT2D eigenvalue weighted by atomic mass is 16.5. The third-order valence-corrected chi connectivity index (χ3v) is 2.39. The van der Waals surface area contributed by atoms with Crippen molar-refractivity contribution in [2.75, 3.05) is 20.8 Å². The van der Waals surface area contributed by atoms with Crippen LogP contribution in [-0.4, -0.2) is 26.9 Å². The topological polar surface area (TPSA) is 18.5 Å². The van der Waals surface area contributed by atoms with Crippen LogP contribution in [0.15, 0.2) is 0 Å². The SMILES string of the molecule is C.C.C.C.C.C.CCC(C)COC.CCC(CC)OC. The molecule has 0 aromatic carbocycles. The van der Waals surface area contributed by atoms with Crippen LogP contribution < -0.4 is 0 Å². The molecule has 0 aliphatic heterocycles. The van der Waals surface area contributed by atoms with Crippen molar-refractivity contribution in [3.63, 3.8) is 0 Å². The molecule has 0 bridgehead atoms. The van der Waals surface area contributed by atoms with Gasteiger partial charge in [-0.3, -0.25) is 0 Å². The monoisotopic (exact) mass is 300 g/mol. The largest absolute Gasteiger partial charge is 0.384 e. The molecule has 1 atom stereocenters. The van der Waals surface area contributed by atoms with E-state index in [2.05, 4.69) is 27.7 Å². The van der Waals surface area contributed by atoms with Crippen molar-refractivity contribution in [1.82, 2.24) is 0 Å². The standard InChI is InChI=1S/2C6H14O.6CH4/c1-4-6(2)5-7-3;1-4-6(5-2)7-3;;;;;;/h2*6H,4-5H2,1-3H3;6*1H4. The molecule has 136 valence electrons. The van der Waals surface area contributed by atoms with E-state index in [1.54, 1.807) is 14.2 Å². The van der Waals surface area contributed by atoms with Gasteiger partial charge in [0.25, 0.3) is 0 Å². The zero-order chi connectivity index (χ0) is 11.4. The lowest BCUT2D eigenvalue weighted by molar-refractivity contribution is 0.0964. The summed E-state index contributed by atoms with van der Waals surface area (Å²) < 4.78 is 9.94. The molecule has 0 heterocycles. The summed E-state index contributed by atoms with van der Waals surface area (Å²) in [6.45, 7) is 9.53. The first-order chi connectivity index (χ1) is 6.65. The van der Waals surface area contributed by atoms with Gasteiger partial charge in [0.1, 0.15) is 0 Å². The molecule has 0 saturated carbocycles. The quantitative estimate of drug-likeness (QED) is 0.511. The van der Waals surface area contributed by atoms with Crippen LogP contribution in [-0.2, 0) is 9.47 Å². The number of hydrogen-bond acceptors (Lipinski definition) is 2. The van der Waals surface area contributed by atoms with E-state index >= 15 is 0 Å². The van der Waals surface area contributed by atoms with E-state index in [0.29, 0.717) is 6.10 Å². The van der Waals surface area contributed by atoms with Crippen LogP contribution in [0.5, 0.6) is 0 Å². The first-order valence-electron chi connectivity index (χ1n) is 5.67. The number of hydrogen-bond donors (Lipinski definition) is 0. The highest BCUT2D eigenvalue weighted by Gasteiger charge is 1.96. The first kappa shape index (κ1) is 50.2. The van der Waals surface area contributed by atoms with E-state index in [9.17, 15) is 0 Å². The van der Waals surface area contributed by atoms with Crippen molar-refractivity contribution in [1.29, 1.82) is 0 Å². The summed E-state index contributed by atoms with van der Waals surface area (Å²) in [6, 6.07) is 0. The van der Waals surface area contributed by atoms with Crippen LogP contribution in [0.2, 0.25) is 0 Å². The van der Waals surface area contributed by atoms with Gasteiger partial charge in [0.05, 0.1) is 6.10 Å².